The molecule has 0 radical (unpaired) electrons. The normalized spacial score (nSPS) is 11.9. The third-order valence-corrected chi connectivity index (χ3v) is 5.28. The van der Waals surface area contributed by atoms with Crippen LogP contribution in [0.25, 0.3) is 0 Å². The van der Waals surface area contributed by atoms with Crippen LogP contribution in [0.2, 0.25) is 0 Å². The third-order valence-electron chi connectivity index (χ3n) is 1.97. The molecule has 0 atom stereocenters. The van der Waals surface area contributed by atoms with Crippen LogP contribution in [0.1, 0.15) is 13.8 Å². The van der Waals surface area contributed by atoms with E-state index < -0.39 is 5.89 Å². The summed E-state index contributed by atoms with van der Waals surface area (Å²) in [5.74, 6) is -1.02. The van der Waals surface area contributed by atoms with Gasteiger partial charge in [-0.1, -0.05) is 19.7 Å². The van der Waals surface area contributed by atoms with E-state index in [2.05, 4.69) is 13.8 Å². The topological polar surface area (TPSA) is 18.5 Å². The highest BCUT2D eigenvalue weighted by Gasteiger charge is 2.14. The van der Waals surface area contributed by atoms with Crippen molar-refractivity contribution in [2.24, 2.45) is 5.92 Å². The van der Waals surface area contributed by atoms with Crippen LogP contribution in [0.3, 0.4) is 0 Å². The van der Waals surface area contributed by atoms with Crippen LogP contribution in [0, 0.1) is 5.92 Å². The fourth-order valence-electron chi connectivity index (χ4n) is 1.09. The van der Waals surface area contributed by atoms with Crippen molar-refractivity contribution in [2.75, 3.05) is 13.7 Å². The molecule has 5 heteroatoms. The molecule has 0 N–H and O–H groups in total. The van der Waals surface area contributed by atoms with Crippen molar-refractivity contribution in [1.82, 2.24) is 0 Å². The zero-order valence-electron chi connectivity index (χ0n) is 9.67. The molecule has 2 nitrogen and oxygen atoms in total. The summed E-state index contributed by atoms with van der Waals surface area (Å²) in [5.41, 5.74) is 0. The highest BCUT2D eigenvalue weighted by molar-refractivity contribution is 8.74. The summed E-state index contributed by atoms with van der Waals surface area (Å²) in [6, 6.07) is 7.52. The van der Waals surface area contributed by atoms with E-state index in [-0.39, 0.29) is 0 Å². The van der Waals surface area contributed by atoms with Crippen LogP contribution in [0.4, 0.5) is 0 Å². The Morgan fingerprint density at radius 1 is 1.19 bits per heavy atom. The molecule has 0 saturated heterocycles. The van der Waals surface area contributed by atoms with E-state index in [1.165, 1.54) is 0 Å². The van der Waals surface area contributed by atoms with Gasteiger partial charge < -0.3 is 29.2 Å². The number of methoxy groups -OCH3 is 1. The molecule has 0 unspecified atom stereocenters. The molecule has 16 heavy (non-hydrogen) atoms. The summed E-state index contributed by atoms with van der Waals surface area (Å²) in [6.07, 6.45) is 0. The molecular weight excluding hydrogens is 259 g/mol. The third kappa shape index (κ3) is 4.17. The highest BCUT2D eigenvalue weighted by atomic mass is 33.1. The fourth-order valence-corrected chi connectivity index (χ4v) is 3.34. The summed E-state index contributed by atoms with van der Waals surface area (Å²) < 4.78 is 10.7. The summed E-state index contributed by atoms with van der Waals surface area (Å²) in [4.78, 5) is 0. The lowest BCUT2D eigenvalue weighted by Crippen LogP contribution is -2.12. The van der Waals surface area contributed by atoms with E-state index in [0.29, 0.717) is 12.5 Å². The van der Waals surface area contributed by atoms with Crippen LogP contribution in [-0.2, 0) is 29.0 Å². The van der Waals surface area contributed by atoms with Gasteiger partial charge in [0.15, 0.2) is 0 Å². The SMILES string of the molecule is COc1ccc([P+]([S-])([S-])OCC(C)C)cc1. The minimum Gasteiger partial charge on any atom is -0.542 e. The Labute approximate surface area is 108 Å². The van der Waals surface area contributed by atoms with Crippen LogP contribution >= 0.6 is 5.89 Å². The molecule has 0 bridgehead atoms. The Kier molecular flexibility index (Phi) is 5.45. The number of ether oxygens (including phenoxy) is 1. The molecule has 0 fully saturated rings. The van der Waals surface area contributed by atoms with Crippen LogP contribution in [0.5, 0.6) is 5.75 Å². The minimum atomic E-state index is -2.27. The first kappa shape index (κ1) is 14.2. The first-order valence-electron chi connectivity index (χ1n) is 5.06. The van der Waals surface area contributed by atoms with Gasteiger partial charge in [0.1, 0.15) is 5.75 Å². The molecule has 90 valence electrons. The predicted octanol–water partition coefficient (Wildman–Crippen LogP) is 2.85. The zero-order valence-corrected chi connectivity index (χ0v) is 12.2. The van der Waals surface area contributed by atoms with Gasteiger partial charge in [-0.15, -0.1) is 0 Å². The maximum absolute atomic E-state index is 5.65. The van der Waals surface area contributed by atoms with Crippen molar-refractivity contribution in [2.45, 2.75) is 13.8 Å². The lowest BCUT2D eigenvalue weighted by atomic mass is 10.2. The Hall–Kier alpha value is 0.110. The van der Waals surface area contributed by atoms with Gasteiger partial charge in [-0.2, -0.15) is 0 Å². The summed E-state index contributed by atoms with van der Waals surface area (Å²) in [6.45, 7) is 4.78. The maximum atomic E-state index is 5.65. The van der Waals surface area contributed by atoms with Crippen molar-refractivity contribution in [1.29, 1.82) is 0 Å². The smallest absolute Gasteiger partial charge is 0.119 e. The van der Waals surface area contributed by atoms with Gasteiger partial charge in [0.2, 0.25) is 0 Å². The van der Waals surface area contributed by atoms with E-state index in [1.807, 2.05) is 24.3 Å². The standard InChI is InChI=1S/C11H17O2PS2/c1-9(2)8-13-14(15,16)11-6-4-10(12-3)5-7-11/h4-7,9H,8H2,1-3H3,(H,15,16)/p-1. The average Bonchev–Trinajstić information content (AvgIpc) is 2.27. The van der Waals surface area contributed by atoms with Gasteiger partial charge in [-0.05, 0) is 30.2 Å². The molecule has 0 aromatic heterocycles. The number of benzene rings is 1. The fraction of sp³-hybridized carbons (Fsp3) is 0.455. The van der Waals surface area contributed by atoms with Crippen molar-refractivity contribution in [3.05, 3.63) is 24.3 Å². The number of rotatable bonds is 5. The molecule has 0 aliphatic rings. The number of hydrogen-bond donors (Lipinski definition) is 0. The Balaban J connectivity index is 2.72. The first-order chi connectivity index (χ1) is 7.45. The van der Waals surface area contributed by atoms with E-state index in [0.717, 1.165) is 11.1 Å². The van der Waals surface area contributed by atoms with Crippen LogP contribution in [-0.4, -0.2) is 13.7 Å². The van der Waals surface area contributed by atoms with E-state index in [9.17, 15) is 0 Å². The molecule has 0 saturated carbocycles. The van der Waals surface area contributed by atoms with E-state index in [4.69, 9.17) is 33.8 Å². The van der Waals surface area contributed by atoms with Gasteiger partial charge >= 0.3 is 0 Å². The molecule has 0 aliphatic heterocycles. The van der Waals surface area contributed by atoms with Gasteiger partial charge in [0.05, 0.1) is 19.0 Å². The predicted molar refractivity (Wildman–Crippen MR) is 75.1 cm³/mol. The number of hydrogen-bond acceptors (Lipinski definition) is 4. The molecule has 0 aliphatic carbocycles. The van der Waals surface area contributed by atoms with E-state index in [1.54, 1.807) is 7.11 Å². The van der Waals surface area contributed by atoms with Gasteiger partial charge in [0.25, 0.3) is 0 Å². The quantitative estimate of drug-likeness (QED) is 0.607. The minimum absolute atomic E-state index is 0.448. The molecular formula is C11H16O2PS2-. The molecule has 1 aromatic carbocycles. The van der Waals surface area contributed by atoms with Crippen LogP contribution < -0.4 is 10.0 Å². The average molecular weight is 275 g/mol. The van der Waals surface area contributed by atoms with E-state index >= 15 is 0 Å². The van der Waals surface area contributed by atoms with Crippen molar-refractivity contribution in [3.63, 3.8) is 0 Å². The van der Waals surface area contributed by atoms with Gasteiger partial charge in [-0.25, -0.2) is 0 Å². The van der Waals surface area contributed by atoms with Crippen molar-refractivity contribution in [3.8, 4) is 5.75 Å². The lowest BCUT2D eigenvalue weighted by Gasteiger charge is -2.37. The maximum Gasteiger partial charge on any atom is 0.119 e. The molecule has 0 heterocycles. The lowest BCUT2D eigenvalue weighted by molar-refractivity contribution is 0.305. The molecule has 1 aromatic rings. The Bertz CT molecular complexity index is 325. The van der Waals surface area contributed by atoms with Gasteiger partial charge in [0, 0.05) is 0 Å². The second-order valence-electron chi connectivity index (χ2n) is 3.89. The van der Waals surface area contributed by atoms with Crippen LogP contribution in [0.15, 0.2) is 24.3 Å². The summed E-state index contributed by atoms with van der Waals surface area (Å²) >= 11 is 10.7. The van der Waals surface area contributed by atoms with Gasteiger partial charge in [-0.3, -0.25) is 4.52 Å². The Morgan fingerprint density at radius 3 is 2.19 bits per heavy atom. The second-order valence-corrected chi connectivity index (χ2v) is 9.43. The zero-order chi connectivity index (χ0) is 12.2. The van der Waals surface area contributed by atoms with Crippen molar-refractivity contribution < 1.29 is 9.26 Å². The molecule has 0 spiro atoms. The monoisotopic (exact) mass is 275 g/mol. The summed E-state index contributed by atoms with van der Waals surface area (Å²) in [5, 5.41) is 0.916. The molecule has 0 amide bonds. The molecule has 1 rings (SSSR count). The largest absolute Gasteiger partial charge is 0.542 e. The van der Waals surface area contributed by atoms with Crippen molar-refractivity contribution >= 4 is 35.7 Å². The second kappa shape index (κ2) is 6.15. The Morgan fingerprint density at radius 2 is 1.75 bits per heavy atom. The first-order valence-corrected chi connectivity index (χ1v) is 8.79. The highest BCUT2D eigenvalue weighted by Crippen LogP contribution is 2.54. The summed E-state index contributed by atoms with van der Waals surface area (Å²) in [7, 11) is 1.63.